The van der Waals surface area contributed by atoms with Crippen molar-refractivity contribution in [2.24, 2.45) is 28.1 Å². The fraction of sp³-hybridized carbons (Fsp3) is 0.765. The van der Waals surface area contributed by atoms with Crippen LogP contribution in [0.4, 0.5) is 0 Å². The molecule has 3 saturated heterocycles. The first-order valence-corrected chi connectivity index (χ1v) is 16.6. The molecule has 5 aliphatic rings. The number of carboxylic acid groups (broad SMARTS) is 1. The molecule has 0 aromatic carbocycles. The molecule has 5 N–H and O–H groups in total. The average molecular weight is 695 g/mol. The normalized spacial score (nSPS) is 46.5. The molecule has 0 radical (unpaired) electrons. The Kier molecular flexibility index (Phi) is 8.66. The Balaban J connectivity index is 1.51. The van der Waals surface area contributed by atoms with Gasteiger partial charge in [0.25, 0.3) is 0 Å². The molecule has 3 aliphatic heterocycles. The predicted molar refractivity (Wildman–Crippen MR) is 162 cm³/mol. The number of hydrogen-bond donors (Lipinski definition) is 5. The second kappa shape index (κ2) is 11.8. The van der Waals surface area contributed by atoms with Gasteiger partial charge in [-0.1, -0.05) is 13.8 Å². The van der Waals surface area contributed by atoms with Crippen molar-refractivity contribution in [1.82, 2.24) is 0 Å². The number of esters is 2. The summed E-state index contributed by atoms with van der Waals surface area (Å²) < 4.78 is 35.6. The standard InChI is InChI=1S/C34H46O15/c1-15(36)45-21-12-22(38)48-30(2,3)19-11-20(37)33(6)18(32(19,21)5)7-9-31(4,34(33)27(49-34)28(42)43)26(16-8-10-44-14-16)47-29-25(41)24(40)23(39)17(13-35)46-29/h8,10,14,17-19,21,23-27,29,35,39-41H,7,9,11-13H2,1-6H3,(H,42,43)/t17-,18?,19?,21?,23-,24+,25-,26+,27?,29+,31+,32+,33-,34?/m0/s1. The second-order valence-electron chi connectivity index (χ2n) is 15.5. The van der Waals surface area contributed by atoms with Crippen LogP contribution in [0.2, 0.25) is 0 Å². The van der Waals surface area contributed by atoms with Crippen LogP contribution in [0.5, 0.6) is 0 Å². The summed E-state index contributed by atoms with van der Waals surface area (Å²) in [5.41, 5.74) is -6.51. The van der Waals surface area contributed by atoms with Gasteiger partial charge in [-0.05, 0) is 45.6 Å². The van der Waals surface area contributed by atoms with Crippen LogP contribution in [-0.2, 0) is 42.9 Å². The monoisotopic (exact) mass is 694 g/mol. The zero-order valence-corrected chi connectivity index (χ0v) is 28.4. The van der Waals surface area contributed by atoms with Gasteiger partial charge in [0.15, 0.2) is 12.4 Å². The van der Waals surface area contributed by atoms with Gasteiger partial charge in [-0.25, -0.2) is 4.79 Å². The number of aliphatic hydroxyl groups is 4. The molecule has 0 amide bonds. The molecule has 1 spiro atoms. The molecule has 2 aliphatic carbocycles. The molecule has 15 nitrogen and oxygen atoms in total. The van der Waals surface area contributed by atoms with Crippen LogP contribution in [0.15, 0.2) is 23.0 Å². The van der Waals surface area contributed by atoms with Crippen molar-refractivity contribution in [2.45, 2.75) is 127 Å². The Morgan fingerprint density at radius 2 is 1.71 bits per heavy atom. The van der Waals surface area contributed by atoms with Gasteiger partial charge < -0.3 is 53.6 Å². The van der Waals surface area contributed by atoms with Gasteiger partial charge in [0, 0.05) is 35.7 Å². The van der Waals surface area contributed by atoms with E-state index in [0.29, 0.717) is 5.56 Å². The molecular formula is C34H46O15. The fourth-order valence-electron chi connectivity index (χ4n) is 10.4. The van der Waals surface area contributed by atoms with Crippen LogP contribution in [-0.4, -0.2) is 110 Å². The molecule has 5 fully saturated rings. The summed E-state index contributed by atoms with van der Waals surface area (Å²) in [7, 11) is 0. The minimum atomic E-state index is -1.78. The van der Waals surface area contributed by atoms with Crippen LogP contribution in [0, 0.1) is 28.1 Å². The topological polar surface area (TPSA) is 232 Å². The van der Waals surface area contributed by atoms with Gasteiger partial charge in [-0.2, -0.15) is 0 Å². The number of carbonyl (C=O) groups is 4. The molecule has 1 aromatic rings. The second-order valence-corrected chi connectivity index (χ2v) is 15.5. The Labute approximate surface area is 282 Å². The quantitative estimate of drug-likeness (QED) is 0.198. The summed E-state index contributed by atoms with van der Waals surface area (Å²) in [4.78, 5) is 53.4. The lowest BCUT2D eigenvalue weighted by Crippen LogP contribution is -2.72. The van der Waals surface area contributed by atoms with Crippen molar-refractivity contribution < 1.29 is 72.8 Å². The summed E-state index contributed by atoms with van der Waals surface area (Å²) >= 11 is 0. The van der Waals surface area contributed by atoms with Crippen LogP contribution in [0.25, 0.3) is 0 Å². The molecule has 15 heteroatoms. The highest BCUT2D eigenvalue weighted by atomic mass is 16.7. The van der Waals surface area contributed by atoms with Crippen molar-refractivity contribution in [1.29, 1.82) is 0 Å². The molecule has 4 heterocycles. The molecule has 0 bridgehead atoms. The van der Waals surface area contributed by atoms with Crippen molar-refractivity contribution in [3.63, 3.8) is 0 Å². The number of aliphatic hydroxyl groups excluding tert-OH is 4. The van der Waals surface area contributed by atoms with Gasteiger partial charge in [-0.3, -0.25) is 14.4 Å². The summed E-state index contributed by atoms with van der Waals surface area (Å²) in [6.07, 6.45) is -8.99. The molecule has 14 atom stereocenters. The molecule has 49 heavy (non-hydrogen) atoms. The lowest BCUT2D eigenvalue weighted by molar-refractivity contribution is -0.328. The van der Waals surface area contributed by atoms with E-state index in [9.17, 15) is 44.7 Å². The van der Waals surface area contributed by atoms with E-state index in [1.165, 1.54) is 19.5 Å². The van der Waals surface area contributed by atoms with Crippen molar-refractivity contribution in [3.8, 4) is 0 Å². The van der Waals surface area contributed by atoms with E-state index in [1.54, 1.807) is 33.8 Å². The largest absolute Gasteiger partial charge is 0.479 e. The maximum atomic E-state index is 14.8. The number of hydrogen-bond acceptors (Lipinski definition) is 14. The first-order chi connectivity index (χ1) is 22.8. The number of rotatable bonds is 7. The van der Waals surface area contributed by atoms with Gasteiger partial charge in [0.1, 0.15) is 47.5 Å². The maximum Gasteiger partial charge on any atom is 0.335 e. The summed E-state index contributed by atoms with van der Waals surface area (Å²) in [6, 6.07) is 1.58. The Hall–Kier alpha value is -2.92. The number of cyclic esters (lactones) is 1. The highest BCUT2D eigenvalue weighted by Gasteiger charge is 2.87. The number of carbonyl (C=O) groups excluding carboxylic acids is 3. The van der Waals surface area contributed by atoms with Crippen LogP contribution < -0.4 is 0 Å². The number of aliphatic carboxylic acids is 1. The van der Waals surface area contributed by atoms with Crippen molar-refractivity contribution in [3.05, 3.63) is 24.2 Å². The molecule has 1 aromatic heterocycles. The van der Waals surface area contributed by atoms with E-state index in [0.717, 1.165) is 0 Å². The summed E-state index contributed by atoms with van der Waals surface area (Å²) in [5.74, 6) is -4.14. The van der Waals surface area contributed by atoms with Crippen LogP contribution in [0.1, 0.15) is 78.9 Å². The van der Waals surface area contributed by atoms with Crippen LogP contribution >= 0.6 is 0 Å². The van der Waals surface area contributed by atoms with E-state index in [-0.39, 0.29) is 31.5 Å². The van der Waals surface area contributed by atoms with E-state index < -0.39 is 113 Å². The molecule has 5 unspecified atom stereocenters. The first-order valence-electron chi connectivity index (χ1n) is 16.6. The predicted octanol–water partition coefficient (Wildman–Crippen LogP) is 1.03. The van der Waals surface area contributed by atoms with Crippen molar-refractivity contribution >= 4 is 23.7 Å². The lowest BCUT2D eigenvalue weighted by Gasteiger charge is -2.65. The van der Waals surface area contributed by atoms with Gasteiger partial charge in [0.2, 0.25) is 0 Å². The van der Waals surface area contributed by atoms with Gasteiger partial charge >= 0.3 is 17.9 Å². The minimum Gasteiger partial charge on any atom is -0.479 e. The number of epoxide rings is 1. The van der Waals surface area contributed by atoms with Crippen LogP contribution in [0.3, 0.4) is 0 Å². The smallest absolute Gasteiger partial charge is 0.335 e. The number of fused-ring (bicyclic) bond motifs is 4. The fourth-order valence-corrected chi connectivity index (χ4v) is 10.4. The zero-order valence-electron chi connectivity index (χ0n) is 28.4. The minimum absolute atomic E-state index is 0.140. The summed E-state index contributed by atoms with van der Waals surface area (Å²) in [5, 5.41) is 52.3. The maximum absolute atomic E-state index is 14.8. The van der Waals surface area contributed by atoms with Gasteiger partial charge in [-0.15, -0.1) is 0 Å². The molecule has 272 valence electrons. The number of ketones is 1. The molecular weight excluding hydrogens is 648 g/mol. The van der Waals surface area contributed by atoms with E-state index in [1.807, 2.05) is 6.92 Å². The SMILES string of the molecule is CC(=O)OC1CC(=O)OC(C)(C)C2CC(=O)[C@]3(C)C(CC[C@](C)([C@H](O[C@H]4O[C@@H](CO)[C@H](O)[C@@H](O)[C@@H]4O)c4ccoc4)C34OC4C(=O)O)[C@@]12C. The van der Waals surface area contributed by atoms with E-state index in [4.69, 9.17) is 28.1 Å². The first kappa shape index (κ1) is 35.9. The Morgan fingerprint density at radius 1 is 1.02 bits per heavy atom. The third kappa shape index (κ3) is 4.94. The molecule has 6 rings (SSSR count). The number of furan rings is 1. The molecule has 2 saturated carbocycles. The zero-order chi connectivity index (χ0) is 36.1. The number of Topliss-reactive ketones (excluding diaryl/α,β-unsaturated/α-hetero) is 1. The van der Waals surface area contributed by atoms with E-state index in [2.05, 4.69) is 0 Å². The number of ether oxygens (including phenoxy) is 5. The Morgan fingerprint density at radius 3 is 2.29 bits per heavy atom. The highest BCUT2D eigenvalue weighted by Crippen LogP contribution is 2.77. The van der Waals surface area contributed by atoms with E-state index >= 15 is 0 Å². The lowest BCUT2D eigenvalue weighted by atomic mass is 9.37. The third-order valence-electron chi connectivity index (χ3n) is 12.7. The summed E-state index contributed by atoms with van der Waals surface area (Å²) in [6.45, 7) is 9.26. The Bertz CT molecular complexity index is 1490. The van der Waals surface area contributed by atoms with Crippen molar-refractivity contribution in [2.75, 3.05) is 6.61 Å². The third-order valence-corrected chi connectivity index (χ3v) is 12.7. The average Bonchev–Trinajstić information content (AvgIpc) is 3.60. The highest BCUT2D eigenvalue weighted by molar-refractivity contribution is 5.92. The van der Waals surface area contributed by atoms with Gasteiger partial charge in [0.05, 0.1) is 37.1 Å². The number of carboxylic acids is 1.